The van der Waals surface area contributed by atoms with Crippen LogP contribution in [0.1, 0.15) is 5.69 Å². The third kappa shape index (κ3) is 2.69. The first-order valence-electron chi connectivity index (χ1n) is 6.59. The number of ether oxygens (including phenoxy) is 1. The molecule has 19 heavy (non-hydrogen) atoms. The van der Waals surface area contributed by atoms with Gasteiger partial charge in [0.15, 0.2) is 5.65 Å². The second-order valence-corrected chi connectivity index (χ2v) is 5.01. The Hall–Kier alpha value is -1.66. The van der Waals surface area contributed by atoms with Gasteiger partial charge in [0.1, 0.15) is 0 Å². The molecule has 0 amide bonds. The molecule has 0 bridgehead atoms. The molecule has 1 unspecified atom stereocenters. The molecule has 0 aromatic carbocycles. The van der Waals surface area contributed by atoms with Crippen molar-refractivity contribution in [1.29, 1.82) is 0 Å². The average Bonchev–Trinajstić information content (AvgIpc) is 2.81. The molecule has 1 saturated heterocycles. The average molecular weight is 261 g/mol. The highest BCUT2D eigenvalue weighted by molar-refractivity contribution is 5.44. The Morgan fingerprint density at radius 1 is 1.47 bits per heavy atom. The lowest BCUT2D eigenvalue weighted by molar-refractivity contribution is -0.0117. The first kappa shape index (κ1) is 12.4. The molecule has 1 fully saturated rings. The van der Waals surface area contributed by atoms with Crippen LogP contribution in [0.25, 0.3) is 5.65 Å². The fourth-order valence-corrected chi connectivity index (χ4v) is 2.31. The quantitative estimate of drug-likeness (QED) is 0.885. The van der Waals surface area contributed by atoms with Gasteiger partial charge in [-0.2, -0.15) is 4.98 Å². The Balaban J connectivity index is 1.66. The zero-order valence-electron chi connectivity index (χ0n) is 11.3. The topological polar surface area (TPSA) is 54.7 Å². The largest absolute Gasteiger partial charge is 0.374 e. The van der Waals surface area contributed by atoms with E-state index in [1.807, 2.05) is 29.6 Å². The van der Waals surface area contributed by atoms with Crippen LogP contribution < -0.4 is 5.32 Å². The van der Waals surface area contributed by atoms with Gasteiger partial charge >= 0.3 is 0 Å². The van der Waals surface area contributed by atoms with Gasteiger partial charge in [-0.25, -0.2) is 4.52 Å². The van der Waals surface area contributed by atoms with Gasteiger partial charge in [-0.05, 0) is 26.1 Å². The van der Waals surface area contributed by atoms with Gasteiger partial charge < -0.3 is 15.0 Å². The molecular formula is C13H19N5O. The lowest BCUT2D eigenvalue weighted by Gasteiger charge is -2.29. The molecule has 1 aliphatic rings. The zero-order chi connectivity index (χ0) is 13.2. The number of hydrogen-bond donors (Lipinski definition) is 1. The lowest BCUT2D eigenvalue weighted by atomic mass is 10.3. The number of pyridine rings is 1. The van der Waals surface area contributed by atoms with Crippen LogP contribution >= 0.6 is 0 Å². The molecule has 6 heteroatoms. The van der Waals surface area contributed by atoms with E-state index in [-0.39, 0.29) is 6.10 Å². The molecule has 3 heterocycles. The molecule has 1 aliphatic heterocycles. The molecule has 0 spiro atoms. The van der Waals surface area contributed by atoms with Crippen LogP contribution in [-0.2, 0) is 4.74 Å². The number of rotatable bonds is 3. The maximum atomic E-state index is 5.70. The number of anilines is 1. The van der Waals surface area contributed by atoms with Crippen molar-refractivity contribution in [1.82, 2.24) is 19.5 Å². The van der Waals surface area contributed by atoms with Crippen LogP contribution in [-0.4, -0.2) is 58.9 Å². The van der Waals surface area contributed by atoms with Crippen molar-refractivity contribution in [2.45, 2.75) is 13.0 Å². The Bertz CT molecular complexity index is 567. The van der Waals surface area contributed by atoms with E-state index in [1.165, 1.54) is 0 Å². The third-order valence-electron chi connectivity index (χ3n) is 3.38. The standard InChI is InChI=1S/C13H19N5O/c1-10-4-3-5-12-15-13(16-18(10)12)14-8-11-9-17(2)6-7-19-11/h3-5,11H,6-9H2,1-2H3,(H,14,16). The minimum absolute atomic E-state index is 0.200. The van der Waals surface area contributed by atoms with E-state index in [4.69, 9.17) is 4.74 Å². The summed E-state index contributed by atoms with van der Waals surface area (Å²) < 4.78 is 7.54. The van der Waals surface area contributed by atoms with Crippen molar-refractivity contribution < 1.29 is 4.74 Å². The van der Waals surface area contributed by atoms with Crippen LogP contribution in [0.5, 0.6) is 0 Å². The summed E-state index contributed by atoms with van der Waals surface area (Å²) in [5.74, 6) is 0.658. The minimum Gasteiger partial charge on any atom is -0.374 e. The summed E-state index contributed by atoms with van der Waals surface area (Å²) in [6.07, 6.45) is 0.200. The Labute approximate surface area is 112 Å². The minimum atomic E-state index is 0.200. The summed E-state index contributed by atoms with van der Waals surface area (Å²) in [6.45, 7) is 5.49. The van der Waals surface area contributed by atoms with Crippen molar-refractivity contribution in [2.24, 2.45) is 0 Å². The van der Waals surface area contributed by atoms with Gasteiger partial charge in [0.05, 0.1) is 12.7 Å². The van der Waals surface area contributed by atoms with E-state index in [0.29, 0.717) is 5.95 Å². The second-order valence-electron chi connectivity index (χ2n) is 5.01. The number of aryl methyl sites for hydroxylation is 1. The third-order valence-corrected chi connectivity index (χ3v) is 3.38. The molecule has 1 atom stereocenters. The SMILES string of the molecule is Cc1cccc2nc(NCC3CN(C)CCO3)nn12. The van der Waals surface area contributed by atoms with E-state index < -0.39 is 0 Å². The van der Waals surface area contributed by atoms with Crippen molar-refractivity contribution in [2.75, 3.05) is 38.6 Å². The first-order valence-corrected chi connectivity index (χ1v) is 6.59. The van der Waals surface area contributed by atoms with Crippen LogP contribution in [0.15, 0.2) is 18.2 Å². The van der Waals surface area contributed by atoms with Gasteiger partial charge in [-0.15, -0.1) is 5.10 Å². The first-order chi connectivity index (χ1) is 9.22. The Morgan fingerprint density at radius 2 is 2.37 bits per heavy atom. The number of fused-ring (bicyclic) bond motifs is 1. The monoisotopic (exact) mass is 261 g/mol. The predicted molar refractivity (Wildman–Crippen MR) is 73.5 cm³/mol. The number of morpholine rings is 1. The fraction of sp³-hybridized carbons (Fsp3) is 0.538. The maximum Gasteiger partial charge on any atom is 0.243 e. The van der Waals surface area contributed by atoms with Gasteiger partial charge in [0.2, 0.25) is 5.95 Å². The highest BCUT2D eigenvalue weighted by Gasteiger charge is 2.17. The molecule has 1 N–H and O–H groups in total. The number of aromatic nitrogens is 3. The van der Waals surface area contributed by atoms with E-state index >= 15 is 0 Å². The van der Waals surface area contributed by atoms with Crippen molar-refractivity contribution in [3.8, 4) is 0 Å². The maximum absolute atomic E-state index is 5.70. The number of nitrogens with zero attached hydrogens (tertiary/aromatic N) is 4. The Morgan fingerprint density at radius 3 is 3.16 bits per heavy atom. The van der Waals surface area contributed by atoms with Crippen LogP contribution in [0.2, 0.25) is 0 Å². The smallest absolute Gasteiger partial charge is 0.243 e. The van der Waals surface area contributed by atoms with Gasteiger partial charge in [0.25, 0.3) is 0 Å². The summed E-state index contributed by atoms with van der Waals surface area (Å²) in [5, 5.41) is 7.70. The van der Waals surface area contributed by atoms with E-state index in [2.05, 4.69) is 27.3 Å². The summed E-state index contributed by atoms with van der Waals surface area (Å²) >= 11 is 0. The highest BCUT2D eigenvalue weighted by Crippen LogP contribution is 2.09. The van der Waals surface area contributed by atoms with E-state index in [1.54, 1.807) is 0 Å². The van der Waals surface area contributed by atoms with Crippen molar-refractivity contribution in [3.05, 3.63) is 23.9 Å². The van der Waals surface area contributed by atoms with Crippen molar-refractivity contribution in [3.63, 3.8) is 0 Å². The summed E-state index contributed by atoms with van der Waals surface area (Å²) in [6, 6.07) is 5.96. The Kier molecular flexibility index (Phi) is 3.35. The normalized spacial score (nSPS) is 20.8. The molecule has 2 aromatic heterocycles. The van der Waals surface area contributed by atoms with Crippen molar-refractivity contribution >= 4 is 11.6 Å². The number of nitrogens with one attached hydrogen (secondary N) is 1. The second kappa shape index (κ2) is 5.14. The number of hydrogen-bond acceptors (Lipinski definition) is 5. The molecule has 102 valence electrons. The molecule has 0 radical (unpaired) electrons. The van der Waals surface area contributed by atoms with E-state index in [9.17, 15) is 0 Å². The summed E-state index contributed by atoms with van der Waals surface area (Å²) in [7, 11) is 2.11. The predicted octanol–water partition coefficient (Wildman–Crippen LogP) is 0.780. The van der Waals surface area contributed by atoms with Crippen LogP contribution in [0.4, 0.5) is 5.95 Å². The molecule has 6 nitrogen and oxygen atoms in total. The zero-order valence-corrected chi connectivity index (χ0v) is 11.3. The molecule has 0 saturated carbocycles. The van der Waals surface area contributed by atoms with Crippen LogP contribution in [0, 0.1) is 6.92 Å². The van der Waals surface area contributed by atoms with Crippen LogP contribution in [0.3, 0.4) is 0 Å². The van der Waals surface area contributed by atoms with E-state index in [0.717, 1.165) is 37.6 Å². The number of likely N-dealkylation sites (N-methyl/N-ethyl adjacent to an activating group) is 1. The summed E-state index contributed by atoms with van der Waals surface area (Å²) in [5.41, 5.74) is 1.94. The fourth-order valence-electron chi connectivity index (χ4n) is 2.31. The summed E-state index contributed by atoms with van der Waals surface area (Å²) in [4.78, 5) is 6.72. The lowest BCUT2D eigenvalue weighted by Crippen LogP contribution is -2.43. The molecule has 3 rings (SSSR count). The van der Waals surface area contributed by atoms with Gasteiger partial charge in [-0.1, -0.05) is 6.07 Å². The molecular weight excluding hydrogens is 242 g/mol. The van der Waals surface area contributed by atoms with Gasteiger partial charge in [0, 0.05) is 25.3 Å². The molecule has 0 aliphatic carbocycles. The molecule has 2 aromatic rings. The van der Waals surface area contributed by atoms with Gasteiger partial charge in [-0.3, -0.25) is 0 Å². The highest BCUT2D eigenvalue weighted by atomic mass is 16.5.